The first-order valence-corrected chi connectivity index (χ1v) is 31.5. The van der Waals surface area contributed by atoms with Crippen molar-refractivity contribution in [2.45, 2.75) is 216 Å². The molecular weight excluding hydrogens is 1000 g/mol. The summed E-state index contributed by atoms with van der Waals surface area (Å²) in [6, 6.07) is 69.0. The first kappa shape index (κ1) is 76.2. The van der Waals surface area contributed by atoms with Crippen LogP contribution in [0.2, 0.25) is 0 Å². The molecule has 3 heteroatoms. The van der Waals surface area contributed by atoms with Crippen molar-refractivity contribution in [3.63, 3.8) is 0 Å². The molecule has 8 aromatic carbocycles. The Kier molecular flexibility index (Phi) is 35.6. The molecule has 1 aliphatic heterocycles. The van der Waals surface area contributed by atoms with Gasteiger partial charge in [-0.25, -0.2) is 0 Å². The van der Waals surface area contributed by atoms with Crippen molar-refractivity contribution >= 4 is 55.0 Å². The molecule has 0 saturated heterocycles. The van der Waals surface area contributed by atoms with E-state index in [0.717, 1.165) is 19.3 Å². The summed E-state index contributed by atoms with van der Waals surface area (Å²) >= 11 is 0. The van der Waals surface area contributed by atoms with Crippen molar-refractivity contribution in [1.82, 2.24) is 9.13 Å². The number of nitrogens with zero attached hydrogens (tertiary/aromatic N) is 3. The highest BCUT2D eigenvalue weighted by Gasteiger charge is 2.30. The summed E-state index contributed by atoms with van der Waals surface area (Å²) in [5.74, 6) is 0. The number of aromatic nitrogens is 2. The first-order chi connectivity index (χ1) is 39.4. The SMILES string of the molecule is C.CC.CC.CC.CC.CC.CC.CC(C)(C)N1c2ccccc2Cc2ccccc21.CC(C)(C)n1c2ccccc2c2ccccc21.CC(C)(C)n1c2ccccc2c2ccccc21.CCc1ccccc1C.CCc1ccccc1C. The van der Waals surface area contributed by atoms with Crippen LogP contribution in [0, 0.1) is 13.8 Å². The van der Waals surface area contributed by atoms with E-state index in [-0.39, 0.29) is 24.0 Å². The first-order valence-electron chi connectivity index (χ1n) is 31.5. The Bertz CT molecular complexity index is 2980. The topological polar surface area (TPSA) is 13.1 Å². The Morgan fingerprint density at radius 1 is 0.301 bits per heavy atom. The molecule has 0 saturated carbocycles. The lowest BCUT2D eigenvalue weighted by molar-refractivity contribution is 0.423. The molecular formula is C80H117N3. The molecule has 0 unspecified atom stereocenters. The number of hydrogen-bond acceptors (Lipinski definition) is 1. The van der Waals surface area contributed by atoms with Crippen LogP contribution in [0.15, 0.2) is 194 Å². The maximum atomic E-state index is 2.46. The number of benzene rings is 8. The van der Waals surface area contributed by atoms with Gasteiger partial charge in [-0.1, -0.05) is 262 Å². The van der Waals surface area contributed by atoms with Gasteiger partial charge in [-0.05, 0) is 159 Å². The van der Waals surface area contributed by atoms with Crippen molar-refractivity contribution in [1.29, 1.82) is 0 Å². The summed E-state index contributed by atoms with van der Waals surface area (Å²) in [5.41, 5.74) is 16.8. The van der Waals surface area contributed by atoms with Crippen molar-refractivity contribution in [2.24, 2.45) is 0 Å². The van der Waals surface area contributed by atoms with Gasteiger partial charge in [0, 0.05) is 78.0 Å². The largest absolute Gasteiger partial charge is 0.336 e. The van der Waals surface area contributed by atoms with Gasteiger partial charge in [0.15, 0.2) is 0 Å². The zero-order valence-corrected chi connectivity index (χ0v) is 56.4. The predicted molar refractivity (Wildman–Crippen MR) is 382 cm³/mol. The molecule has 2 aromatic heterocycles. The lowest BCUT2D eigenvalue weighted by atomic mass is 9.91. The Balaban J connectivity index is 0.000000985. The van der Waals surface area contributed by atoms with Crippen LogP contribution in [-0.2, 0) is 30.3 Å². The van der Waals surface area contributed by atoms with Gasteiger partial charge >= 0.3 is 0 Å². The molecule has 0 bridgehead atoms. The maximum absolute atomic E-state index is 2.46. The smallest absolute Gasteiger partial charge is 0.0496 e. The van der Waals surface area contributed by atoms with E-state index >= 15 is 0 Å². The van der Waals surface area contributed by atoms with Crippen LogP contribution in [0.5, 0.6) is 0 Å². The van der Waals surface area contributed by atoms with E-state index in [0.29, 0.717) is 0 Å². The number of fused-ring (bicyclic) bond motifs is 8. The molecule has 10 aromatic rings. The minimum atomic E-state index is 0. The van der Waals surface area contributed by atoms with Gasteiger partial charge in [-0.3, -0.25) is 0 Å². The van der Waals surface area contributed by atoms with Crippen molar-refractivity contribution in [3.05, 3.63) is 228 Å². The summed E-state index contributed by atoms with van der Waals surface area (Å²) < 4.78 is 4.86. The average Bonchev–Trinajstić information content (AvgIpc) is 4.30. The van der Waals surface area contributed by atoms with Crippen molar-refractivity contribution in [2.75, 3.05) is 4.90 Å². The third kappa shape index (κ3) is 20.8. The summed E-state index contributed by atoms with van der Waals surface area (Å²) in [7, 11) is 0. The fourth-order valence-electron chi connectivity index (χ4n) is 10.1. The molecule has 11 rings (SSSR count). The quantitative estimate of drug-likeness (QED) is 0.168. The molecule has 0 atom stereocenters. The van der Waals surface area contributed by atoms with Gasteiger partial charge in [-0.2, -0.15) is 0 Å². The highest BCUT2D eigenvalue weighted by atomic mass is 15.2. The second-order valence-corrected chi connectivity index (χ2v) is 21.6. The van der Waals surface area contributed by atoms with Crippen LogP contribution in [0.1, 0.15) is 200 Å². The summed E-state index contributed by atoms with van der Waals surface area (Å²) in [5, 5.41) is 5.38. The molecule has 3 heterocycles. The van der Waals surface area contributed by atoms with E-state index in [1.165, 1.54) is 88.4 Å². The molecule has 0 fully saturated rings. The number of hydrogen-bond donors (Lipinski definition) is 0. The Labute approximate surface area is 510 Å². The third-order valence-corrected chi connectivity index (χ3v) is 13.3. The average molecular weight is 1120 g/mol. The van der Waals surface area contributed by atoms with Gasteiger partial charge in [0.25, 0.3) is 0 Å². The minimum Gasteiger partial charge on any atom is -0.336 e. The third-order valence-electron chi connectivity index (χ3n) is 13.3. The van der Waals surface area contributed by atoms with E-state index < -0.39 is 0 Å². The summed E-state index contributed by atoms with van der Waals surface area (Å²) in [4.78, 5) is 2.46. The summed E-state index contributed by atoms with van der Waals surface area (Å²) in [6.45, 7) is 53.0. The van der Waals surface area contributed by atoms with Gasteiger partial charge in [0.05, 0.1) is 0 Å². The van der Waals surface area contributed by atoms with E-state index in [9.17, 15) is 0 Å². The predicted octanol–water partition coefficient (Wildman–Crippen LogP) is 25.5. The normalized spacial score (nSPS) is 10.6. The van der Waals surface area contributed by atoms with Crippen LogP contribution < -0.4 is 4.90 Å². The summed E-state index contributed by atoms with van der Waals surface area (Å²) in [6.07, 6.45) is 3.33. The van der Waals surface area contributed by atoms with Gasteiger partial charge in [0.1, 0.15) is 0 Å². The lowest BCUT2D eigenvalue weighted by Crippen LogP contribution is -2.40. The van der Waals surface area contributed by atoms with E-state index in [1.807, 2.05) is 83.1 Å². The van der Waals surface area contributed by atoms with E-state index in [4.69, 9.17) is 0 Å². The molecule has 0 N–H and O–H groups in total. The zero-order valence-electron chi connectivity index (χ0n) is 56.4. The molecule has 452 valence electrons. The van der Waals surface area contributed by atoms with Crippen LogP contribution in [0.25, 0.3) is 43.6 Å². The zero-order chi connectivity index (χ0) is 62.2. The molecule has 83 heavy (non-hydrogen) atoms. The van der Waals surface area contributed by atoms with Crippen molar-refractivity contribution < 1.29 is 0 Å². The number of anilines is 2. The Morgan fingerprint density at radius 2 is 0.530 bits per heavy atom. The van der Waals surface area contributed by atoms with Crippen LogP contribution in [0.4, 0.5) is 11.4 Å². The fourth-order valence-corrected chi connectivity index (χ4v) is 10.1. The van der Waals surface area contributed by atoms with Gasteiger partial charge in [0.2, 0.25) is 0 Å². The second kappa shape index (κ2) is 38.8. The van der Waals surface area contributed by atoms with Gasteiger partial charge in [-0.15, -0.1) is 0 Å². The fraction of sp³-hybridized carbons (Fsp3) is 0.400. The molecule has 0 amide bonds. The van der Waals surface area contributed by atoms with E-state index in [1.54, 1.807) is 0 Å². The number of para-hydroxylation sites is 6. The van der Waals surface area contributed by atoms with Crippen molar-refractivity contribution in [3.8, 4) is 0 Å². The Morgan fingerprint density at radius 3 is 0.759 bits per heavy atom. The minimum absolute atomic E-state index is 0. The highest BCUT2D eigenvalue weighted by Crippen LogP contribution is 2.43. The molecule has 0 aliphatic carbocycles. The highest BCUT2D eigenvalue weighted by molar-refractivity contribution is 6.09. The Hall–Kier alpha value is -6.84. The van der Waals surface area contributed by atoms with Gasteiger partial charge < -0.3 is 14.0 Å². The second-order valence-electron chi connectivity index (χ2n) is 21.6. The molecule has 3 nitrogen and oxygen atoms in total. The van der Waals surface area contributed by atoms with Crippen LogP contribution in [0.3, 0.4) is 0 Å². The van der Waals surface area contributed by atoms with Crippen LogP contribution in [-0.4, -0.2) is 14.7 Å². The molecule has 1 aliphatic rings. The van der Waals surface area contributed by atoms with Crippen LogP contribution >= 0.6 is 0 Å². The monoisotopic (exact) mass is 1120 g/mol. The number of rotatable bonds is 2. The molecule has 0 radical (unpaired) electrons. The maximum Gasteiger partial charge on any atom is 0.0496 e. The standard InChI is InChI=1S/C17H19N.2C16H17N.2C9H12.6C2H6.CH4/c1-17(2,3)18-15-10-6-4-8-13(15)12-14-9-5-7-11-16(14)18;2*1-16(2,3)17-14-10-6-4-8-12(14)13-9-5-7-11-15(13)17;2*1-3-9-7-5-4-6-8(9)2;6*1-2;/h4-11H,12H2,1-3H3;2*4-11H,1-3H3;2*4-7H,3H2,1-2H3;6*1-2H3;1H4. The molecule has 0 spiro atoms. The lowest BCUT2D eigenvalue weighted by Gasteiger charge is -2.42. The van der Waals surface area contributed by atoms with E-state index in [2.05, 4.69) is 298 Å². The number of aryl methyl sites for hydroxylation is 4.